The molecule has 0 atom stereocenters. The molecule has 1 aromatic rings. The molecule has 0 bridgehead atoms. The average molecular weight is 266 g/mol. The molecule has 0 aromatic carbocycles. The second-order valence-electron chi connectivity index (χ2n) is 3.82. The molecule has 1 heterocycles. The number of ether oxygens (including phenoxy) is 1. The van der Waals surface area contributed by atoms with Gasteiger partial charge in [-0.25, -0.2) is 4.98 Å². The quantitative estimate of drug-likeness (QED) is 0.562. The normalized spacial score (nSPS) is 9.95. The van der Waals surface area contributed by atoms with Crippen LogP contribution >= 0.6 is 0 Å². The number of methoxy groups -OCH3 is 1. The summed E-state index contributed by atoms with van der Waals surface area (Å²) in [7, 11) is 1.58. The fraction of sp³-hybridized carbons (Fsp3) is 0.417. The molecule has 7 nitrogen and oxygen atoms in total. The number of carbonyl (C=O) groups is 2. The first-order valence-corrected chi connectivity index (χ1v) is 5.89. The molecule has 0 saturated heterocycles. The number of pyridine rings is 1. The summed E-state index contributed by atoms with van der Waals surface area (Å²) in [6.45, 7) is 1.46. The number of nitrogens with one attached hydrogen (secondary N) is 2. The van der Waals surface area contributed by atoms with Crippen LogP contribution in [0.1, 0.15) is 16.8 Å². The summed E-state index contributed by atoms with van der Waals surface area (Å²) in [5, 5.41) is 5.69. The number of nitrogens with zero attached hydrogens (tertiary/aromatic N) is 1. The van der Waals surface area contributed by atoms with Crippen molar-refractivity contribution < 1.29 is 14.3 Å². The van der Waals surface area contributed by atoms with E-state index in [9.17, 15) is 9.59 Å². The maximum absolute atomic E-state index is 11.4. The highest BCUT2D eigenvalue weighted by Gasteiger charge is 2.02. The van der Waals surface area contributed by atoms with Crippen LogP contribution in [0.15, 0.2) is 18.3 Å². The number of aromatic nitrogens is 1. The lowest BCUT2D eigenvalue weighted by Gasteiger charge is -2.06. The first-order valence-electron chi connectivity index (χ1n) is 5.89. The Labute approximate surface area is 111 Å². The lowest BCUT2D eigenvalue weighted by atomic mass is 10.3. The Kier molecular flexibility index (Phi) is 6.31. The Bertz CT molecular complexity index is 419. The lowest BCUT2D eigenvalue weighted by Crippen LogP contribution is -2.28. The molecular formula is C12H18N4O3. The summed E-state index contributed by atoms with van der Waals surface area (Å²) in [6, 6.07) is 3.22. The van der Waals surface area contributed by atoms with Crippen molar-refractivity contribution in [2.45, 2.75) is 6.42 Å². The van der Waals surface area contributed by atoms with Crippen molar-refractivity contribution in [2.24, 2.45) is 5.73 Å². The third-order valence-corrected chi connectivity index (χ3v) is 2.33. The third-order valence-electron chi connectivity index (χ3n) is 2.33. The summed E-state index contributed by atoms with van der Waals surface area (Å²) in [6.07, 6.45) is 1.73. The van der Waals surface area contributed by atoms with Gasteiger partial charge in [0.25, 0.3) is 0 Å². The van der Waals surface area contributed by atoms with Crippen molar-refractivity contribution >= 4 is 17.6 Å². The number of nitrogens with two attached hydrogens (primary N) is 1. The van der Waals surface area contributed by atoms with Gasteiger partial charge in [-0.1, -0.05) is 0 Å². The molecule has 19 heavy (non-hydrogen) atoms. The first-order chi connectivity index (χ1) is 9.13. The van der Waals surface area contributed by atoms with Gasteiger partial charge in [0.15, 0.2) is 0 Å². The molecule has 104 valence electrons. The molecule has 0 fully saturated rings. The number of hydrogen-bond donors (Lipinski definition) is 3. The number of carbonyl (C=O) groups excluding carboxylic acids is 2. The third kappa shape index (κ3) is 5.82. The van der Waals surface area contributed by atoms with Gasteiger partial charge in [0.1, 0.15) is 5.82 Å². The summed E-state index contributed by atoms with van der Waals surface area (Å²) < 4.78 is 4.82. The van der Waals surface area contributed by atoms with E-state index < -0.39 is 5.91 Å². The molecule has 1 rings (SSSR count). The van der Waals surface area contributed by atoms with Crippen LogP contribution in [0.2, 0.25) is 0 Å². The van der Waals surface area contributed by atoms with Crippen molar-refractivity contribution in [3.05, 3.63) is 23.9 Å². The molecule has 1 aromatic heterocycles. The van der Waals surface area contributed by atoms with E-state index in [-0.39, 0.29) is 5.91 Å². The van der Waals surface area contributed by atoms with Crippen LogP contribution in [0, 0.1) is 0 Å². The minimum Gasteiger partial charge on any atom is -0.383 e. The summed E-state index contributed by atoms with van der Waals surface area (Å²) in [5.74, 6) is 0.0181. The van der Waals surface area contributed by atoms with Gasteiger partial charge in [0, 0.05) is 32.8 Å². The number of anilines is 1. The van der Waals surface area contributed by atoms with Crippen LogP contribution in [-0.4, -0.2) is 43.6 Å². The van der Waals surface area contributed by atoms with Crippen molar-refractivity contribution in [3.63, 3.8) is 0 Å². The molecular weight excluding hydrogens is 248 g/mol. The Balaban J connectivity index is 2.25. The Morgan fingerprint density at radius 1 is 1.37 bits per heavy atom. The fourth-order valence-electron chi connectivity index (χ4n) is 1.33. The van der Waals surface area contributed by atoms with Crippen LogP contribution in [0.4, 0.5) is 5.82 Å². The van der Waals surface area contributed by atoms with E-state index in [2.05, 4.69) is 15.6 Å². The van der Waals surface area contributed by atoms with E-state index in [4.69, 9.17) is 10.5 Å². The van der Waals surface area contributed by atoms with Crippen LogP contribution in [0.5, 0.6) is 0 Å². The van der Waals surface area contributed by atoms with E-state index in [1.165, 1.54) is 6.20 Å². The van der Waals surface area contributed by atoms with Crippen LogP contribution in [0.25, 0.3) is 0 Å². The van der Waals surface area contributed by atoms with E-state index >= 15 is 0 Å². The minimum absolute atomic E-state index is 0.0571. The van der Waals surface area contributed by atoms with Crippen molar-refractivity contribution in [3.8, 4) is 0 Å². The van der Waals surface area contributed by atoms with Crippen molar-refractivity contribution in [1.82, 2.24) is 10.3 Å². The maximum atomic E-state index is 11.4. The molecule has 0 saturated carbocycles. The molecule has 0 aliphatic rings. The van der Waals surface area contributed by atoms with Crippen LogP contribution in [-0.2, 0) is 9.53 Å². The summed E-state index contributed by atoms with van der Waals surface area (Å²) in [5.41, 5.74) is 5.45. The SMILES string of the molecule is COCCNC(=O)CCNc1ccc(C(N)=O)cn1. The van der Waals surface area contributed by atoms with Crippen molar-refractivity contribution in [1.29, 1.82) is 0 Å². The molecule has 7 heteroatoms. The van der Waals surface area contributed by atoms with Gasteiger partial charge in [-0.05, 0) is 12.1 Å². The summed E-state index contributed by atoms with van der Waals surface area (Å²) in [4.78, 5) is 26.2. The van der Waals surface area contributed by atoms with Gasteiger partial charge in [0.05, 0.1) is 12.2 Å². The average Bonchev–Trinajstić information content (AvgIpc) is 2.39. The molecule has 0 radical (unpaired) electrons. The highest BCUT2D eigenvalue weighted by Crippen LogP contribution is 2.04. The zero-order valence-electron chi connectivity index (χ0n) is 10.8. The number of amides is 2. The largest absolute Gasteiger partial charge is 0.383 e. The topological polar surface area (TPSA) is 106 Å². The van der Waals surface area contributed by atoms with E-state index in [1.54, 1.807) is 19.2 Å². The Hall–Kier alpha value is -2.15. The van der Waals surface area contributed by atoms with Gasteiger partial charge < -0.3 is 21.1 Å². The lowest BCUT2D eigenvalue weighted by molar-refractivity contribution is -0.121. The number of hydrogen-bond acceptors (Lipinski definition) is 5. The maximum Gasteiger partial charge on any atom is 0.250 e. The molecule has 0 unspecified atom stereocenters. The van der Waals surface area contributed by atoms with Gasteiger partial charge >= 0.3 is 0 Å². The second kappa shape index (κ2) is 8.04. The first kappa shape index (κ1) is 14.9. The molecule has 0 aliphatic heterocycles. The summed E-state index contributed by atoms with van der Waals surface area (Å²) >= 11 is 0. The molecule has 4 N–H and O–H groups in total. The molecule has 2 amide bonds. The number of primary amides is 1. The number of rotatable bonds is 8. The van der Waals surface area contributed by atoms with E-state index in [1.807, 2.05) is 0 Å². The van der Waals surface area contributed by atoms with Gasteiger partial charge in [-0.2, -0.15) is 0 Å². The predicted octanol–water partition coefficient (Wildman–Crippen LogP) is -0.255. The Morgan fingerprint density at radius 2 is 2.16 bits per heavy atom. The van der Waals surface area contributed by atoms with Crippen molar-refractivity contribution in [2.75, 3.05) is 32.1 Å². The Morgan fingerprint density at radius 3 is 2.74 bits per heavy atom. The molecule has 0 spiro atoms. The van der Waals surface area contributed by atoms with Gasteiger partial charge in [0.2, 0.25) is 11.8 Å². The standard InChI is InChI=1S/C12H18N4O3/c1-19-7-6-15-11(17)4-5-14-10-3-2-9(8-16-10)12(13)18/h2-3,8H,4-7H2,1H3,(H2,13,18)(H,14,16)(H,15,17). The van der Waals surface area contributed by atoms with Crippen LogP contribution < -0.4 is 16.4 Å². The smallest absolute Gasteiger partial charge is 0.250 e. The van der Waals surface area contributed by atoms with E-state index in [0.29, 0.717) is 37.5 Å². The minimum atomic E-state index is -0.517. The monoisotopic (exact) mass is 266 g/mol. The highest BCUT2D eigenvalue weighted by molar-refractivity contribution is 5.92. The molecule has 0 aliphatic carbocycles. The zero-order chi connectivity index (χ0) is 14.1. The predicted molar refractivity (Wildman–Crippen MR) is 70.7 cm³/mol. The zero-order valence-corrected chi connectivity index (χ0v) is 10.8. The van der Waals surface area contributed by atoms with Gasteiger partial charge in [-0.3, -0.25) is 9.59 Å². The highest BCUT2D eigenvalue weighted by atomic mass is 16.5. The second-order valence-corrected chi connectivity index (χ2v) is 3.82. The van der Waals surface area contributed by atoms with Gasteiger partial charge in [-0.15, -0.1) is 0 Å². The fourth-order valence-corrected chi connectivity index (χ4v) is 1.33. The van der Waals surface area contributed by atoms with Crippen LogP contribution in [0.3, 0.4) is 0 Å². The van der Waals surface area contributed by atoms with E-state index in [0.717, 1.165) is 0 Å².